The Morgan fingerprint density at radius 1 is 1.47 bits per heavy atom. The minimum Gasteiger partial charge on any atom is -0.462 e. The van der Waals surface area contributed by atoms with Gasteiger partial charge < -0.3 is 10.1 Å². The van der Waals surface area contributed by atoms with Crippen molar-refractivity contribution in [3.63, 3.8) is 0 Å². The summed E-state index contributed by atoms with van der Waals surface area (Å²) in [5, 5.41) is 2.28. The van der Waals surface area contributed by atoms with E-state index in [1.54, 1.807) is 0 Å². The summed E-state index contributed by atoms with van der Waals surface area (Å²) in [6, 6.07) is 3.59. The molecule has 1 aromatic carbocycles. The van der Waals surface area contributed by atoms with Crippen LogP contribution in [-0.4, -0.2) is 19.0 Å². The molecule has 1 aromatic rings. The third kappa shape index (κ3) is 2.92. The average Bonchev–Trinajstić information content (AvgIpc) is 2.22. The maximum atomic E-state index is 13.1. The second kappa shape index (κ2) is 4.75. The largest absolute Gasteiger partial charge is 0.462 e. The maximum Gasteiger partial charge on any atom is 0.396 e. The predicted molar refractivity (Wildman–Crippen MR) is 52.1 cm³/mol. The Morgan fingerprint density at radius 2 is 2.13 bits per heavy atom. The fraction of sp³-hybridized carbons (Fsp3) is 0.111. The van der Waals surface area contributed by atoms with Crippen molar-refractivity contribution in [3.05, 3.63) is 29.0 Å². The molecular formula is C9H7ClFNO3. The number of hydrogen-bond acceptors (Lipinski definition) is 3. The van der Waals surface area contributed by atoms with E-state index in [0.717, 1.165) is 13.2 Å². The molecule has 0 unspecified atom stereocenters. The van der Waals surface area contributed by atoms with Gasteiger partial charge in [-0.05, 0) is 18.2 Å². The van der Waals surface area contributed by atoms with E-state index in [9.17, 15) is 14.0 Å². The molecule has 0 bridgehead atoms. The maximum absolute atomic E-state index is 13.1. The summed E-state index contributed by atoms with van der Waals surface area (Å²) in [5.74, 6) is -2.84. The zero-order valence-electron chi connectivity index (χ0n) is 7.71. The summed E-state index contributed by atoms with van der Waals surface area (Å²) < 4.78 is 17.2. The summed E-state index contributed by atoms with van der Waals surface area (Å²) >= 11 is 5.58. The Labute approximate surface area is 90.0 Å². The lowest BCUT2D eigenvalue weighted by atomic mass is 10.3. The molecule has 0 atom stereocenters. The molecular weight excluding hydrogens is 225 g/mol. The Morgan fingerprint density at radius 3 is 2.73 bits per heavy atom. The standard InChI is InChI=1S/C9H7ClFNO3/c1-15-9(14)8(13)12-7-4-5(10)2-3-6(7)11/h2-4H,1H3,(H,12,13). The molecule has 0 saturated carbocycles. The van der Waals surface area contributed by atoms with E-state index in [4.69, 9.17) is 11.6 Å². The number of rotatable bonds is 1. The minimum absolute atomic E-state index is 0.169. The van der Waals surface area contributed by atoms with Gasteiger partial charge in [0.2, 0.25) is 0 Å². The minimum atomic E-state index is -1.10. The molecule has 4 nitrogen and oxygen atoms in total. The van der Waals surface area contributed by atoms with Gasteiger partial charge in [-0.2, -0.15) is 0 Å². The van der Waals surface area contributed by atoms with Crippen molar-refractivity contribution in [1.29, 1.82) is 0 Å². The van der Waals surface area contributed by atoms with E-state index in [2.05, 4.69) is 4.74 Å². The first-order valence-corrected chi connectivity index (χ1v) is 4.26. The quantitative estimate of drug-likeness (QED) is 0.590. The van der Waals surface area contributed by atoms with Gasteiger partial charge in [0, 0.05) is 5.02 Å². The van der Waals surface area contributed by atoms with Gasteiger partial charge in [0.25, 0.3) is 0 Å². The number of anilines is 1. The summed E-state index contributed by atoms with van der Waals surface area (Å²) in [6.45, 7) is 0. The Bertz CT molecular complexity index is 408. The van der Waals surface area contributed by atoms with Crippen molar-refractivity contribution in [1.82, 2.24) is 0 Å². The first-order valence-electron chi connectivity index (χ1n) is 3.89. The molecule has 0 aromatic heterocycles. The number of carbonyl (C=O) groups excluding carboxylic acids is 2. The Kier molecular flexibility index (Phi) is 3.62. The van der Waals surface area contributed by atoms with Gasteiger partial charge in [0.15, 0.2) is 0 Å². The van der Waals surface area contributed by atoms with Gasteiger partial charge in [0.1, 0.15) is 5.82 Å². The summed E-state index contributed by atoms with van der Waals surface area (Å²) in [4.78, 5) is 21.7. The van der Waals surface area contributed by atoms with E-state index in [0.29, 0.717) is 0 Å². The second-order valence-corrected chi connectivity index (χ2v) is 3.01. The molecule has 0 aliphatic carbocycles. The SMILES string of the molecule is COC(=O)C(=O)Nc1cc(Cl)ccc1F. The first kappa shape index (κ1) is 11.5. The van der Waals surface area contributed by atoms with E-state index in [1.165, 1.54) is 12.1 Å². The van der Waals surface area contributed by atoms with Gasteiger partial charge in [-0.15, -0.1) is 0 Å². The second-order valence-electron chi connectivity index (χ2n) is 2.57. The normalized spacial score (nSPS) is 9.53. The monoisotopic (exact) mass is 231 g/mol. The van der Waals surface area contributed by atoms with Crippen molar-refractivity contribution in [2.24, 2.45) is 0 Å². The van der Waals surface area contributed by atoms with Crippen molar-refractivity contribution < 1.29 is 18.7 Å². The lowest BCUT2D eigenvalue weighted by Gasteiger charge is -2.04. The van der Waals surface area contributed by atoms with Crippen LogP contribution in [0.3, 0.4) is 0 Å². The number of nitrogens with one attached hydrogen (secondary N) is 1. The lowest BCUT2D eigenvalue weighted by molar-refractivity contribution is -0.150. The van der Waals surface area contributed by atoms with Crippen molar-refractivity contribution >= 4 is 29.2 Å². The number of benzene rings is 1. The van der Waals surface area contributed by atoms with Crippen LogP contribution in [0.1, 0.15) is 0 Å². The van der Waals surface area contributed by atoms with Crippen LogP contribution in [-0.2, 0) is 14.3 Å². The van der Waals surface area contributed by atoms with Crippen LogP contribution in [0.4, 0.5) is 10.1 Å². The molecule has 0 saturated heterocycles. The van der Waals surface area contributed by atoms with Crippen LogP contribution in [0.25, 0.3) is 0 Å². The molecule has 0 spiro atoms. The molecule has 0 aliphatic heterocycles. The molecule has 15 heavy (non-hydrogen) atoms. The predicted octanol–water partition coefficient (Wildman–Crippen LogP) is 1.59. The van der Waals surface area contributed by atoms with Gasteiger partial charge in [-0.25, -0.2) is 9.18 Å². The van der Waals surface area contributed by atoms with Crippen molar-refractivity contribution in [2.75, 3.05) is 12.4 Å². The summed E-state index contributed by atoms with van der Waals surface area (Å²) in [7, 11) is 1.05. The van der Waals surface area contributed by atoms with Gasteiger partial charge in [0.05, 0.1) is 12.8 Å². The van der Waals surface area contributed by atoms with Crippen molar-refractivity contribution in [2.45, 2.75) is 0 Å². The number of hydrogen-bond donors (Lipinski definition) is 1. The number of esters is 1. The van der Waals surface area contributed by atoms with Crippen LogP contribution >= 0.6 is 11.6 Å². The van der Waals surface area contributed by atoms with Crippen LogP contribution in [0.2, 0.25) is 5.02 Å². The molecule has 0 aliphatic rings. The number of carbonyl (C=O) groups is 2. The molecule has 80 valence electrons. The molecule has 0 fully saturated rings. The number of ether oxygens (including phenoxy) is 1. The van der Waals surface area contributed by atoms with E-state index in [1.807, 2.05) is 5.32 Å². The Hall–Kier alpha value is -1.62. The molecule has 1 N–H and O–H groups in total. The summed E-state index contributed by atoms with van der Waals surface area (Å²) in [6.07, 6.45) is 0. The van der Waals surface area contributed by atoms with Gasteiger partial charge in [-0.3, -0.25) is 4.79 Å². The van der Waals surface area contributed by atoms with E-state index < -0.39 is 17.7 Å². The summed E-state index contributed by atoms with van der Waals surface area (Å²) in [5.41, 5.74) is -0.169. The van der Waals surface area contributed by atoms with Crippen LogP contribution in [0, 0.1) is 5.82 Å². The average molecular weight is 232 g/mol. The molecule has 6 heteroatoms. The fourth-order valence-corrected chi connectivity index (χ4v) is 1.03. The number of methoxy groups -OCH3 is 1. The van der Waals surface area contributed by atoms with Crippen LogP contribution in [0.15, 0.2) is 18.2 Å². The zero-order chi connectivity index (χ0) is 11.4. The smallest absolute Gasteiger partial charge is 0.396 e. The fourth-order valence-electron chi connectivity index (χ4n) is 0.859. The zero-order valence-corrected chi connectivity index (χ0v) is 8.47. The molecule has 0 heterocycles. The van der Waals surface area contributed by atoms with Gasteiger partial charge >= 0.3 is 11.9 Å². The lowest BCUT2D eigenvalue weighted by Crippen LogP contribution is -2.24. The van der Waals surface area contributed by atoms with Crippen molar-refractivity contribution in [3.8, 4) is 0 Å². The highest BCUT2D eigenvalue weighted by atomic mass is 35.5. The molecule has 1 rings (SSSR count). The highest BCUT2D eigenvalue weighted by molar-refractivity contribution is 6.37. The van der Waals surface area contributed by atoms with Gasteiger partial charge in [-0.1, -0.05) is 11.6 Å². The highest BCUT2D eigenvalue weighted by Gasteiger charge is 2.15. The first-order chi connectivity index (χ1) is 7.04. The Balaban J connectivity index is 2.85. The van der Waals surface area contributed by atoms with Crippen LogP contribution < -0.4 is 5.32 Å². The van der Waals surface area contributed by atoms with Crippen LogP contribution in [0.5, 0.6) is 0 Å². The number of halogens is 2. The molecule has 1 amide bonds. The number of amides is 1. The van der Waals surface area contributed by atoms with E-state index >= 15 is 0 Å². The molecule has 0 radical (unpaired) electrons. The topological polar surface area (TPSA) is 55.4 Å². The third-order valence-corrected chi connectivity index (χ3v) is 1.78. The highest BCUT2D eigenvalue weighted by Crippen LogP contribution is 2.19. The van der Waals surface area contributed by atoms with E-state index in [-0.39, 0.29) is 10.7 Å². The third-order valence-electron chi connectivity index (χ3n) is 1.55.